The average molecular weight is 392 g/mol. The molecule has 136 valence electrons. The zero-order valence-corrected chi connectivity index (χ0v) is 15.7. The first kappa shape index (κ1) is 18.4. The fourth-order valence-corrected chi connectivity index (χ4v) is 4.23. The first-order chi connectivity index (χ1) is 12.2. The molecule has 2 aromatic carbocycles. The zero-order valence-electron chi connectivity index (χ0n) is 14.0. The number of hydrogen-bond donors (Lipinski definition) is 1. The minimum atomic E-state index is -3.56. The third kappa shape index (κ3) is 3.43. The highest BCUT2D eigenvalue weighted by atomic mass is 32.2. The molecule has 0 atom stereocenters. The van der Waals surface area contributed by atoms with Gasteiger partial charge in [0, 0.05) is 11.8 Å². The Morgan fingerprint density at radius 3 is 2.23 bits per heavy atom. The van der Waals surface area contributed by atoms with Crippen molar-refractivity contribution in [2.45, 2.75) is 9.79 Å². The average Bonchev–Trinajstić information content (AvgIpc) is 3.15. The molecule has 0 saturated carbocycles. The summed E-state index contributed by atoms with van der Waals surface area (Å²) in [6.07, 6.45) is 1.12. The van der Waals surface area contributed by atoms with E-state index in [1.165, 1.54) is 25.2 Å². The summed E-state index contributed by atoms with van der Waals surface area (Å²) >= 11 is 0. The number of nitrogens with zero attached hydrogens (tertiary/aromatic N) is 3. The van der Waals surface area contributed by atoms with Gasteiger partial charge in [0.1, 0.15) is 0 Å². The van der Waals surface area contributed by atoms with Crippen LogP contribution in [0, 0.1) is 0 Å². The normalized spacial score (nSPS) is 14.5. The Hall–Kier alpha value is -2.43. The van der Waals surface area contributed by atoms with Crippen LogP contribution in [-0.4, -0.2) is 42.6 Å². The lowest BCUT2D eigenvalue weighted by atomic mass is 9.99. The molecule has 0 fully saturated rings. The van der Waals surface area contributed by atoms with E-state index < -0.39 is 19.9 Å². The number of sulfonamides is 1. The topological polar surface area (TPSA) is 117 Å². The monoisotopic (exact) mass is 392 g/mol. The first-order valence-electron chi connectivity index (χ1n) is 7.53. The summed E-state index contributed by atoms with van der Waals surface area (Å²) in [6, 6.07) is 11.0. The Labute approximate surface area is 151 Å². The largest absolute Gasteiger partial charge is 0.240 e. The van der Waals surface area contributed by atoms with Crippen molar-refractivity contribution in [2.75, 3.05) is 20.0 Å². The number of rotatable bonds is 5. The van der Waals surface area contributed by atoms with Crippen molar-refractivity contribution >= 4 is 25.7 Å². The first-order valence-corrected chi connectivity index (χ1v) is 10.9. The molecule has 26 heavy (non-hydrogen) atoms. The van der Waals surface area contributed by atoms with Crippen molar-refractivity contribution in [2.24, 2.45) is 15.2 Å². The Balaban J connectivity index is 2.21. The number of sulfone groups is 1. The summed E-state index contributed by atoms with van der Waals surface area (Å²) in [6.45, 7) is 0.145. The van der Waals surface area contributed by atoms with Crippen LogP contribution in [0.15, 0.2) is 67.5 Å². The maximum Gasteiger partial charge on any atom is 0.240 e. The van der Waals surface area contributed by atoms with Crippen LogP contribution in [0.4, 0.5) is 0 Å². The van der Waals surface area contributed by atoms with Crippen molar-refractivity contribution in [1.29, 1.82) is 0 Å². The molecule has 0 radical (unpaired) electrons. The van der Waals surface area contributed by atoms with Crippen LogP contribution in [0.1, 0.15) is 5.56 Å². The van der Waals surface area contributed by atoms with Gasteiger partial charge in [-0.3, -0.25) is 0 Å². The molecule has 8 nitrogen and oxygen atoms in total. The lowest BCUT2D eigenvalue weighted by Gasteiger charge is -2.13. The van der Waals surface area contributed by atoms with E-state index in [0.717, 1.165) is 6.26 Å². The smallest absolute Gasteiger partial charge is 0.239 e. The van der Waals surface area contributed by atoms with Crippen molar-refractivity contribution < 1.29 is 16.8 Å². The van der Waals surface area contributed by atoms with Crippen LogP contribution in [0.3, 0.4) is 0 Å². The van der Waals surface area contributed by atoms with Crippen molar-refractivity contribution in [3.63, 3.8) is 0 Å². The Morgan fingerprint density at radius 2 is 1.69 bits per heavy atom. The predicted octanol–water partition coefficient (Wildman–Crippen LogP) is 1.84. The fourth-order valence-electron chi connectivity index (χ4n) is 2.60. The number of aliphatic imine (C=N–C) groups is 1. The SMILES string of the molecule is CNS(=O)(=O)c1ccc(-c2cccc(S(C)(=O)=O)c2C2=NCN=N2)cc1. The van der Waals surface area contributed by atoms with Gasteiger partial charge in [-0.25, -0.2) is 26.6 Å². The van der Waals surface area contributed by atoms with E-state index in [4.69, 9.17) is 0 Å². The van der Waals surface area contributed by atoms with Gasteiger partial charge in [0.05, 0.1) is 9.79 Å². The van der Waals surface area contributed by atoms with Crippen molar-refractivity contribution in [3.05, 3.63) is 48.0 Å². The van der Waals surface area contributed by atoms with Gasteiger partial charge in [0.15, 0.2) is 22.3 Å². The van der Waals surface area contributed by atoms with Crippen molar-refractivity contribution in [1.82, 2.24) is 4.72 Å². The Morgan fingerprint density at radius 1 is 1.00 bits per heavy atom. The lowest BCUT2D eigenvalue weighted by molar-refractivity contribution is 0.588. The van der Waals surface area contributed by atoms with E-state index in [9.17, 15) is 16.8 Å². The third-order valence-electron chi connectivity index (χ3n) is 3.84. The highest BCUT2D eigenvalue weighted by molar-refractivity contribution is 7.90. The molecule has 10 heteroatoms. The quantitative estimate of drug-likeness (QED) is 0.835. The van der Waals surface area contributed by atoms with E-state index in [2.05, 4.69) is 19.9 Å². The molecule has 1 heterocycles. The summed E-state index contributed by atoms with van der Waals surface area (Å²) in [5.74, 6) is 0.243. The molecule has 3 rings (SSSR count). The highest BCUT2D eigenvalue weighted by Crippen LogP contribution is 2.31. The maximum atomic E-state index is 12.2. The second kappa shape index (κ2) is 6.71. The van der Waals surface area contributed by atoms with Gasteiger partial charge in [0.25, 0.3) is 0 Å². The number of amidine groups is 1. The number of azo groups is 1. The minimum absolute atomic E-state index is 0.0986. The van der Waals surface area contributed by atoms with Gasteiger partial charge in [-0.1, -0.05) is 24.3 Å². The van der Waals surface area contributed by atoms with E-state index in [1.54, 1.807) is 24.3 Å². The summed E-state index contributed by atoms with van der Waals surface area (Å²) in [5.41, 5.74) is 1.59. The van der Waals surface area contributed by atoms with Crippen LogP contribution >= 0.6 is 0 Å². The van der Waals surface area contributed by atoms with Crippen LogP contribution in [0.25, 0.3) is 11.1 Å². The fraction of sp³-hybridized carbons (Fsp3) is 0.188. The number of nitrogens with one attached hydrogen (secondary N) is 1. The Kier molecular flexibility index (Phi) is 4.74. The molecular formula is C16H16N4O4S2. The summed E-state index contributed by atoms with van der Waals surface area (Å²) < 4.78 is 50.4. The second-order valence-electron chi connectivity index (χ2n) is 5.55. The molecule has 0 aromatic heterocycles. The van der Waals surface area contributed by atoms with Gasteiger partial charge >= 0.3 is 0 Å². The van der Waals surface area contributed by atoms with Crippen LogP contribution in [0.2, 0.25) is 0 Å². The number of benzene rings is 2. The zero-order chi connectivity index (χ0) is 18.9. The molecule has 0 aliphatic carbocycles. The van der Waals surface area contributed by atoms with Gasteiger partial charge in [-0.15, -0.1) is 5.11 Å². The number of hydrogen-bond acceptors (Lipinski definition) is 7. The third-order valence-corrected chi connectivity index (χ3v) is 6.41. The van der Waals surface area contributed by atoms with E-state index in [1.807, 2.05) is 0 Å². The Bertz CT molecular complexity index is 1120. The van der Waals surface area contributed by atoms with Crippen LogP contribution in [-0.2, 0) is 19.9 Å². The molecule has 0 saturated heterocycles. The van der Waals surface area contributed by atoms with E-state index in [0.29, 0.717) is 16.7 Å². The molecule has 2 aromatic rings. The van der Waals surface area contributed by atoms with Gasteiger partial charge in [-0.2, -0.15) is 5.11 Å². The summed E-state index contributed by atoms with van der Waals surface area (Å²) in [5, 5.41) is 7.74. The summed E-state index contributed by atoms with van der Waals surface area (Å²) in [4.78, 5) is 4.36. The molecule has 1 aliphatic rings. The second-order valence-corrected chi connectivity index (χ2v) is 9.42. The highest BCUT2D eigenvalue weighted by Gasteiger charge is 2.23. The molecule has 0 amide bonds. The van der Waals surface area contributed by atoms with Gasteiger partial charge in [-0.05, 0) is 36.4 Å². The van der Waals surface area contributed by atoms with Gasteiger partial charge in [0.2, 0.25) is 10.0 Å². The van der Waals surface area contributed by atoms with Crippen LogP contribution < -0.4 is 4.72 Å². The lowest BCUT2D eigenvalue weighted by Crippen LogP contribution is -2.18. The van der Waals surface area contributed by atoms with E-state index in [-0.39, 0.29) is 22.3 Å². The predicted molar refractivity (Wildman–Crippen MR) is 97.5 cm³/mol. The van der Waals surface area contributed by atoms with Gasteiger partial charge < -0.3 is 0 Å². The van der Waals surface area contributed by atoms with E-state index >= 15 is 0 Å². The molecule has 1 N–H and O–H groups in total. The minimum Gasteiger partial charge on any atom is -0.239 e. The molecule has 0 unspecified atom stereocenters. The molecular weight excluding hydrogens is 376 g/mol. The maximum absolute atomic E-state index is 12.2. The van der Waals surface area contributed by atoms with Crippen LogP contribution in [0.5, 0.6) is 0 Å². The summed E-state index contributed by atoms with van der Waals surface area (Å²) in [7, 11) is -5.75. The van der Waals surface area contributed by atoms with Crippen molar-refractivity contribution in [3.8, 4) is 11.1 Å². The molecule has 0 bridgehead atoms. The standard InChI is InChI=1S/C16H16N4O4S2/c1-17-26(23,24)12-8-6-11(7-9-12)13-4-3-5-14(25(2,21)22)15(13)16-18-10-19-20-16/h3-9,17H,10H2,1-2H3. The molecule has 1 aliphatic heterocycles. The molecule has 0 spiro atoms.